The van der Waals surface area contributed by atoms with E-state index in [9.17, 15) is 9.59 Å². The van der Waals surface area contributed by atoms with E-state index >= 15 is 0 Å². The van der Waals surface area contributed by atoms with E-state index in [-0.39, 0.29) is 17.7 Å². The molecule has 0 radical (unpaired) electrons. The molecule has 2 unspecified atom stereocenters. The van der Waals surface area contributed by atoms with Crippen LogP contribution in [-0.2, 0) is 4.79 Å². The first-order valence-corrected chi connectivity index (χ1v) is 7.29. The van der Waals surface area contributed by atoms with Crippen molar-refractivity contribution < 1.29 is 9.59 Å². The van der Waals surface area contributed by atoms with Gasteiger partial charge in [-0.25, -0.2) is 0 Å². The summed E-state index contributed by atoms with van der Waals surface area (Å²) >= 11 is 0. The fraction of sp³-hybridized carbons (Fsp3) is 0.500. The van der Waals surface area contributed by atoms with Crippen LogP contribution in [-0.4, -0.2) is 53.2 Å². The number of carbonyl (C=O) groups excluding carboxylic acids is 2. The monoisotopic (exact) mass is 272 g/mol. The first-order valence-electron chi connectivity index (χ1n) is 7.29. The van der Waals surface area contributed by atoms with E-state index < -0.39 is 0 Å². The van der Waals surface area contributed by atoms with Crippen LogP contribution >= 0.6 is 0 Å². The molecular weight excluding hydrogens is 252 g/mol. The van der Waals surface area contributed by atoms with Crippen molar-refractivity contribution >= 4 is 11.7 Å². The number of fused-ring (bicyclic) bond motifs is 1. The molecule has 2 heterocycles. The van der Waals surface area contributed by atoms with Crippen molar-refractivity contribution in [2.24, 2.45) is 0 Å². The molecule has 0 spiro atoms. The highest BCUT2D eigenvalue weighted by Crippen LogP contribution is 2.24. The van der Waals surface area contributed by atoms with Gasteiger partial charge in [0, 0.05) is 37.7 Å². The maximum atomic E-state index is 12.5. The summed E-state index contributed by atoms with van der Waals surface area (Å²) in [7, 11) is 0. The zero-order chi connectivity index (χ0) is 14.1. The van der Waals surface area contributed by atoms with Gasteiger partial charge >= 0.3 is 0 Å². The Hall–Kier alpha value is -1.68. The molecule has 4 nitrogen and oxygen atoms in total. The molecule has 2 aliphatic heterocycles. The molecule has 0 N–H and O–H groups in total. The topological polar surface area (TPSA) is 40.6 Å². The Balaban J connectivity index is 1.68. The highest BCUT2D eigenvalue weighted by atomic mass is 16.2. The number of nitrogens with zero attached hydrogens (tertiary/aromatic N) is 2. The number of piperazine rings is 1. The van der Waals surface area contributed by atoms with Gasteiger partial charge in [-0.05, 0) is 13.3 Å². The summed E-state index contributed by atoms with van der Waals surface area (Å²) in [6.45, 7) is 4.35. The number of benzene rings is 1. The standard InChI is InChI=1S/C16H20N2O2/c1-12(16(20)13-5-3-2-4-6-13)17-9-10-18-14(11-17)7-8-15(18)19/h2-6,12,14H,7-11H2,1H3. The third-order valence-corrected chi connectivity index (χ3v) is 4.51. The van der Waals surface area contributed by atoms with Crippen LogP contribution in [0.3, 0.4) is 0 Å². The van der Waals surface area contributed by atoms with Crippen LogP contribution in [0.4, 0.5) is 0 Å². The Labute approximate surface area is 119 Å². The summed E-state index contributed by atoms with van der Waals surface area (Å²) < 4.78 is 0. The molecule has 20 heavy (non-hydrogen) atoms. The predicted molar refractivity (Wildman–Crippen MR) is 76.5 cm³/mol. The average Bonchev–Trinajstić information content (AvgIpc) is 2.87. The number of hydrogen-bond donors (Lipinski definition) is 0. The third kappa shape index (κ3) is 2.36. The molecular formula is C16H20N2O2. The summed E-state index contributed by atoms with van der Waals surface area (Å²) in [6, 6.07) is 9.64. The minimum atomic E-state index is -0.116. The predicted octanol–water partition coefficient (Wildman–Crippen LogP) is 1.56. The highest BCUT2D eigenvalue weighted by Gasteiger charge is 2.37. The van der Waals surface area contributed by atoms with Gasteiger partial charge in [0.05, 0.1) is 6.04 Å². The molecule has 1 amide bonds. The van der Waals surface area contributed by atoms with E-state index in [4.69, 9.17) is 0 Å². The number of amides is 1. The molecule has 4 heteroatoms. The number of carbonyl (C=O) groups is 2. The van der Waals surface area contributed by atoms with Crippen molar-refractivity contribution in [3.05, 3.63) is 35.9 Å². The fourth-order valence-corrected chi connectivity index (χ4v) is 3.25. The average molecular weight is 272 g/mol. The molecule has 2 atom stereocenters. The van der Waals surface area contributed by atoms with E-state index in [1.165, 1.54) is 0 Å². The normalized spacial score (nSPS) is 24.6. The van der Waals surface area contributed by atoms with Crippen LogP contribution in [0.5, 0.6) is 0 Å². The van der Waals surface area contributed by atoms with Gasteiger partial charge in [-0.2, -0.15) is 0 Å². The lowest BCUT2D eigenvalue weighted by atomic mass is 10.0. The minimum Gasteiger partial charge on any atom is -0.337 e. The van der Waals surface area contributed by atoms with Gasteiger partial charge in [-0.15, -0.1) is 0 Å². The first-order chi connectivity index (χ1) is 9.66. The molecule has 2 saturated heterocycles. The van der Waals surface area contributed by atoms with E-state index in [0.29, 0.717) is 12.5 Å². The Morgan fingerprint density at radius 2 is 2.00 bits per heavy atom. The molecule has 0 bridgehead atoms. The summed E-state index contributed by atoms with van der Waals surface area (Å²) in [5.74, 6) is 0.445. The van der Waals surface area contributed by atoms with Crippen LogP contribution in [0.2, 0.25) is 0 Å². The van der Waals surface area contributed by atoms with Crippen LogP contribution in [0.25, 0.3) is 0 Å². The number of rotatable bonds is 3. The molecule has 2 fully saturated rings. The van der Waals surface area contributed by atoms with Gasteiger partial charge in [0.1, 0.15) is 0 Å². The Morgan fingerprint density at radius 1 is 1.25 bits per heavy atom. The zero-order valence-electron chi connectivity index (χ0n) is 11.8. The SMILES string of the molecule is CC(C(=O)c1ccccc1)N1CCN2C(=O)CCC2C1. The largest absolute Gasteiger partial charge is 0.337 e. The van der Waals surface area contributed by atoms with Crippen LogP contribution in [0.15, 0.2) is 30.3 Å². The summed E-state index contributed by atoms with van der Waals surface area (Å²) in [4.78, 5) is 28.4. The van der Waals surface area contributed by atoms with Gasteiger partial charge in [0.25, 0.3) is 0 Å². The Bertz CT molecular complexity index is 514. The van der Waals surface area contributed by atoms with Crippen LogP contribution < -0.4 is 0 Å². The quantitative estimate of drug-likeness (QED) is 0.784. The number of hydrogen-bond acceptors (Lipinski definition) is 3. The summed E-state index contributed by atoms with van der Waals surface area (Å²) in [6.07, 6.45) is 1.60. The van der Waals surface area contributed by atoms with E-state index in [0.717, 1.165) is 31.6 Å². The first kappa shape index (κ1) is 13.3. The van der Waals surface area contributed by atoms with Gasteiger partial charge in [-0.3, -0.25) is 14.5 Å². The lowest BCUT2D eigenvalue weighted by Crippen LogP contribution is -2.55. The number of Topliss-reactive ketones (excluding diaryl/α,β-unsaturated/α-hetero) is 1. The lowest BCUT2D eigenvalue weighted by Gasteiger charge is -2.40. The molecule has 1 aromatic rings. The molecule has 2 aliphatic rings. The second-order valence-corrected chi connectivity index (χ2v) is 5.68. The van der Waals surface area contributed by atoms with Crippen molar-refractivity contribution in [3.63, 3.8) is 0 Å². The zero-order valence-corrected chi connectivity index (χ0v) is 11.8. The van der Waals surface area contributed by atoms with E-state index in [2.05, 4.69) is 4.90 Å². The lowest BCUT2D eigenvalue weighted by molar-refractivity contribution is -0.130. The maximum absolute atomic E-state index is 12.5. The van der Waals surface area contributed by atoms with E-state index in [1.54, 1.807) is 0 Å². The van der Waals surface area contributed by atoms with Gasteiger partial charge < -0.3 is 4.90 Å². The van der Waals surface area contributed by atoms with Crippen LogP contribution in [0, 0.1) is 0 Å². The molecule has 3 rings (SSSR count). The Morgan fingerprint density at radius 3 is 2.75 bits per heavy atom. The van der Waals surface area contributed by atoms with Crippen molar-refractivity contribution in [1.29, 1.82) is 0 Å². The number of ketones is 1. The smallest absolute Gasteiger partial charge is 0.222 e. The molecule has 106 valence electrons. The van der Waals surface area contributed by atoms with Gasteiger partial charge in [0.15, 0.2) is 5.78 Å². The third-order valence-electron chi connectivity index (χ3n) is 4.51. The molecule has 0 aliphatic carbocycles. The van der Waals surface area contributed by atoms with Crippen molar-refractivity contribution in [3.8, 4) is 0 Å². The maximum Gasteiger partial charge on any atom is 0.222 e. The van der Waals surface area contributed by atoms with Gasteiger partial charge in [0.2, 0.25) is 5.91 Å². The van der Waals surface area contributed by atoms with Crippen molar-refractivity contribution in [2.75, 3.05) is 19.6 Å². The molecule has 0 saturated carbocycles. The van der Waals surface area contributed by atoms with Crippen LogP contribution in [0.1, 0.15) is 30.1 Å². The fourth-order valence-electron chi connectivity index (χ4n) is 3.25. The van der Waals surface area contributed by atoms with Crippen molar-refractivity contribution in [2.45, 2.75) is 31.8 Å². The Kier molecular flexibility index (Phi) is 3.57. The minimum absolute atomic E-state index is 0.116. The van der Waals surface area contributed by atoms with Gasteiger partial charge in [-0.1, -0.05) is 30.3 Å². The molecule has 1 aromatic carbocycles. The summed E-state index contributed by atoms with van der Waals surface area (Å²) in [5, 5.41) is 0. The summed E-state index contributed by atoms with van der Waals surface area (Å²) in [5.41, 5.74) is 0.768. The van der Waals surface area contributed by atoms with E-state index in [1.807, 2.05) is 42.2 Å². The molecule has 0 aromatic heterocycles. The van der Waals surface area contributed by atoms with Crippen molar-refractivity contribution in [1.82, 2.24) is 9.80 Å². The second-order valence-electron chi connectivity index (χ2n) is 5.68. The highest BCUT2D eigenvalue weighted by molar-refractivity contribution is 5.99. The second kappa shape index (κ2) is 5.37.